The topological polar surface area (TPSA) is 55.6 Å². The Balaban J connectivity index is 2.00. The molecule has 1 heterocycles. The van der Waals surface area contributed by atoms with Crippen molar-refractivity contribution in [2.75, 3.05) is 20.2 Å². The SMILES string of the molecule is COC1CCN(Cc2ccccc2[N+](=O)[O-])CC1. The van der Waals surface area contributed by atoms with Gasteiger partial charge < -0.3 is 4.74 Å². The Hall–Kier alpha value is -1.46. The molecule has 0 atom stereocenters. The molecule has 1 aliphatic rings. The highest BCUT2D eigenvalue weighted by Gasteiger charge is 2.21. The molecule has 0 radical (unpaired) electrons. The van der Waals surface area contributed by atoms with Crippen molar-refractivity contribution in [3.05, 3.63) is 39.9 Å². The molecule has 0 unspecified atom stereocenters. The fourth-order valence-electron chi connectivity index (χ4n) is 2.37. The number of methoxy groups -OCH3 is 1. The van der Waals surface area contributed by atoms with Gasteiger partial charge in [-0.1, -0.05) is 18.2 Å². The summed E-state index contributed by atoms with van der Waals surface area (Å²) in [6.07, 6.45) is 2.33. The number of para-hydroxylation sites is 1. The summed E-state index contributed by atoms with van der Waals surface area (Å²) in [5.41, 5.74) is 1.00. The fraction of sp³-hybridized carbons (Fsp3) is 0.538. The second-order valence-electron chi connectivity index (χ2n) is 4.60. The first-order chi connectivity index (χ1) is 8.70. The molecule has 0 saturated carbocycles. The van der Waals surface area contributed by atoms with E-state index in [4.69, 9.17) is 4.74 Å². The number of ether oxygens (including phenoxy) is 1. The summed E-state index contributed by atoms with van der Waals surface area (Å²) in [6.45, 7) is 2.52. The number of piperidine rings is 1. The molecule has 0 bridgehead atoms. The van der Waals surface area contributed by atoms with Gasteiger partial charge >= 0.3 is 0 Å². The van der Waals surface area contributed by atoms with Gasteiger partial charge in [0.05, 0.1) is 11.0 Å². The first kappa shape index (κ1) is 13.0. The van der Waals surface area contributed by atoms with Gasteiger partial charge in [0.2, 0.25) is 0 Å². The first-order valence-corrected chi connectivity index (χ1v) is 6.18. The summed E-state index contributed by atoms with van der Waals surface area (Å²) in [5, 5.41) is 10.9. The van der Waals surface area contributed by atoms with Crippen molar-refractivity contribution in [3.8, 4) is 0 Å². The Labute approximate surface area is 107 Å². The maximum atomic E-state index is 10.9. The predicted octanol–water partition coefficient (Wildman–Crippen LogP) is 2.21. The molecule has 0 amide bonds. The van der Waals surface area contributed by atoms with Crippen LogP contribution in [0.5, 0.6) is 0 Å². The quantitative estimate of drug-likeness (QED) is 0.607. The third-order valence-electron chi connectivity index (χ3n) is 3.45. The van der Waals surface area contributed by atoms with Crippen LogP contribution in [0.3, 0.4) is 0 Å². The number of benzene rings is 1. The summed E-state index contributed by atoms with van der Waals surface area (Å²) in [4.78, 5) is 12.9. The molecule has 1 aliphatic heterocycles. The van der Waals surface area contributed by atoms with Gasteiger partial charge in [-0.3, -0.25) is 15.0 Å². The summed E-state index contributed by atoms with van der Waals surface area (Å²) < 4.78 is 5.32. The average molecular weight is 250 g/mol. The van der Waals surface area contributed by atoms with E-state index in [-0.39, 0.29) is 10.6 Å². The maximum absolute atomic E-state index is 10.9. The highest BCUT2D eigenvalue weighted by atomic mass is 16.6. The minimum atomic E-state index is -0.308. The van der Waals surface area contributed by atoms with E-state index >= 15 is 0 Å². The van der Waals surface area contributed by atoms with Gasteiger partial charge in [-0.25, -0.2) is 0 Å². The molecule has 0 N–H and O–H groups in total. The molecular formula is C13H18N2O3. The van der Waals surface area contributed by atoms with Crippen LogP contribution in [0.2, 0.25) is 0 Å². The van der Waals surface area contributed by atoms with Crippen LogP contribution in [0.15, 0.2) is 24.3 Å². The fourth-order valence-corrected chi connectivity index (χ4v) is 2.37. The molecule has 1 saturated heterocycles. The lowest BCUT2D eigenvalue weighted by Crippen LogP contribution is -2.36. The van der Waals surface area contributed by atoms with E-state index in [2.05, 4.69) is 4.90 Å². The minimum absolute atomic E-state index is 0.214. The van der Waals surface area contributed by atoms with Crippen LogP contribution in [0.25, 0.3) is 0 Å². The van der Waals surface area contributed by atoms with Gasteiger partial charge in [0.25, 0.3) is 5.69 Å². The van der Waals surface area contributed by atoms with Crippen molar-refractivity contribution in [2.24, 2.45) is 0 Å². The second-order valence-corrected chi connectivity index (χ2v) is 4.60. The molecule has 2 rings (SSSR count). The van der Waals surface area contributed by atoms with Crippen LogP contribution in [0.4, 0.5) is 5.69 Å². The number of hydrogen-bond donors (Lipinski definition) is 0. The number of hydrogen-bond acceptors (Lipinski definition) is 4. The van der Waals surface area contributed by atoms with Crippen molar-refractivity contribution in [3.63, 3.8) is 0 Å². The lowest BCUT2D eigenvalue weighted by atomic mass is 10.1. The second kappa shape index (κ2) is 5.93. The standard InChI is InChI=1S/C13H18N2O3/c1-18-12-6-8-14(9-7-12)10-11-4-2-3-5-13(11)15(16)17/h2-5,12H,6-10H2,1H3. The van der Waals surface area contributed by atoms with Crippen LogP contribution >= 0.6 is 0 Å². The van der Waals surface area contributed by atoms with Gasteiger partial charge in [0.1, 0.15) is 0 Å². The van der Waals surface area contributed by atoms with E-state index in [0.717, 1.165) is 31.5 Å². The highest BCUT2D eigenvalue weighted by Crippen LogP contribution is 2.22. The first-order valence-electron chi connectivity index (χ1n) is 6.18. The zero-order valence-electron chi connectivity index (χ0n) is 10.5. The summed E-state index contributed by atoms with van der Waals surface area (Å²) >= 11 is 0. The minimum Gasteiger partial charge on any atom is -0.381 e. The van der Waals surface area contributed by atoms with Crippen molar-refractivity contribution in [1.82, 2.24) is 4.90 Å². The average Bonchev–Trinajstić information content (AvgIpc) is 2.40. The predicted molar refractivity (Wildman–Crippen MR) is 68.4 cm³/mol. The van der Waals surface area contributed by atoms with Gasteiger partial charge in [0, 0.05) is 38.4 Å². The lowest BCUT2D eigenvalue weighted by Gasteiger charge is -2.30. The van der Waals surface area contributed by atoms with Crippen LogP contribution < -0.4 is 0 Å². The van der Waals surface area contributed by atoms with Gasteiger partial charge in [-0.05, 0) is 12.8 Å². The third kappa shape index (κ3) is 3.05. The van der Waals surface area contributed by atoms with Gasteiger partial charge in [-0.15, -0.1) is 0 Å². The summed E-state index contributed by atoms with van der Waals surface area (Å²) in [5.74, 6) is 0. The van der Waals surface area contributed by atoms with Crippen LogP contribution in [-0.4, -0.2) is 36.1 Å². The number of rotatable bonds is 4. The monoisotopic (exact) mass is 250 g/mol. The van der Waals surface area contributed by atoms with Gasteiger partial charge in [-0.2, -0.15) is 0 Å². The number of nitrogens with zero attached hydrogens (tertiary/aromatic N) is 2. The van der Waals surface area contributed by atoms with Gasteiger partial charge in [0.15, 0.2) is 0 Å². The van der Waals surface area contributed by atoms with Crippen molar-refractivity contribution in [1.29, 1.82) is 0 Å². The molecule has 18 heavy (non-hydrogen) atoms. The molecule has 0 aromatic heterocycles. The van der Waals surface area contributed by atoms with E-state index in [1.165, 1.54) is 0 Å². The van der Waals surface area contributed by atoms with Crippen LogP contribution in [0, 0.1) is 10.1 Å². The molecule has 5 heteroatoms. The lowest BCUT2D eigenvalue weighted by molar-refractivity contribution is -0.385. The number of nitro groups is 1. The molecule has 5 nitrogen and oxygen atoms in total. The normalized spacial score (nSPS) is 17.8. The third-order valence-corrected chi connectivity index (χ3v) is 3.45. The van der Waals surface area contributed by atoms with E-state index < -0.39 is 0 Å². The number of nitro benzene ring substituents is 1. The smallest absolute Gasteiger partial charge is 0.273 e. The molecule has 1 aromatic rings. The van der Waals surface area contributed by atoms with Crippen molar-refractivity contribution in [2.45, 2.75) is 25.5 Å². The zero-order valence-corrected chi connectivity index (χ0v) is 10.5. The van der Waals surface area contributed by atoms with Crippen LogP contribution in [-0.2, 0) is 11.3 Å². The molecule has 98 valence electrons. The molecule has 1 aromatic carbocycles. The summed E-state index contributed by atoms with van der Waals surface area (Å²) in [7, 11) is 1.74. The zero-order chi connectivity index (χ0) is 13.0. The molecule has 1 fully saturated rings. The Morgan fingerprint density at radius 1 is 1.39 bits per heavy atom. The van der Waals surface area contributed by atoms with E-state index in [0.29, 0.717) is 12.6 Å². The Kier molecular flexibility index (Phi) is 4.28. The molecular weight excluding hydrogens is 232 g/mol. The van der Waals surface area contributed by atoms with E-state index in [1.54, 1.807) is 19.2 Å². The van der Waals surface area contributed by atoms with Crippen LogP contribution in [0.1, 0.15) is 18.4 Å². The summed E-state index contributed by atoms with van der Waals surface area (Å²) in [6, 6.07) is 6.96. The van der Waals surface area contributed by atoms with Crippen molar-refractivity contribution < 1.29 is 9.66 Å². The van der Waals surface area contributed by atoms with Crippen molar-refractivity contribution >= 4 is 5.69 Å². The molecule has 0 aliphatic carbocycles. The Morgan fingerprint density at radius 2 is 2.06 bits per heavy atom. The van der Waals surface area contributed by atoms with E-state index in [9.17, 15) is 10.1 Å². The van der Waals surface area contributed by atoms with E-state index in [1.807, 2.05) is 12.1 Å². The maximum Gasteiger partial charge on any atom is 0.273 e. The largest absolute Gasteiger partial charge is 0.381 e. The molecule has 0 spiro atoms. The highest BCUT2D eigenvalue weighted by molar-refractivity contribution is 5.39. The Bertz CT molecular complexity index is 414. The Morgan fingerprint density at radius 3 is 2.67 bits per heavy atom. The number of likely N-dealkylation sites (tertiary alicyclic amines) is 1.